The molecule has 1 heterocycles. The zero-order valence-electron chi connectivity index (χ0n) is 9.14. The Bertz CT molecular complexity index is 606. The van der Waals surface area contributed by atoms with Crippen molar-refractivity contribution in [2.45, 2.75) is 6.36 Å². The molecule has 0 saturated heterocycles. The predicted octanol–water partition coefficient (Wildman–Crippen LogP) is 2.94. The van der Waals surface area contributed by atoms with Gasteiger partial charge in [-0.15, -0.1) is 13.2 Å². The van der Waals surface area contributed by atoms with E-state index in [1.165, 1.54) is 18.2 Å². The van der Waals surface area contributed by atoms with Crippen molar-refractivity contribution in [3.8, 4) is 17.0 Å². The van der Waals surface area contributed by atoms with Gasteiger partial charge < -0.3 is 14.4 Å². The van der Waals surface area contributed by atoms with E-state index in [1.807, 2.05) is 0 Å². The van der Waals surface area contributed by atoms with Gasteiger partial charge in [-0.25, -0.2) is 4.79 Å². The van der Waals surface area contributed by atoms with Crippen LogP contribution in [-0.2, 0) is 0 Å². The monoisotopic (exact) mass is 273 g/mol. The van der Waals surface area contributed by atoms with Crippen molar-refractivity contribution in [1.29, 1.82) is 0 Å². The lowest BCUT2D eigenvalue weighted by molar-refractivity contribution is -0.274. The fourth-order valence-electron chi connectivity index (χ4n) is 1.39. The fourth-order valence-corrected chi connectivity index (χ4v) is 1.39. The third-order valence-corrected chi connectivity index (χ3v) is 2.11. The Morgan fingerprint density at radius 1 is 1.32 bits per heavy atom. The Hall–Kier alpha value is -2.51. The summed E-state index contributed by atoms with van der Waals surface area (Å²) in [6.07, 6.45) is -4.85. The highest BCUT2D eigenvalue weighted by Gasteiger charge is 2.32. The van der Waals surface area contributed by atoms with Gasteiger partial charge in [0.25, 0.3) is 0 Å². The second-order valence-corrected chi connectivity index (χ2v) is 3.43. The summed E-state index contributed by atoms with van der Waals surface area (Å²) in [4.78, 5) is 10.6. The van der Waals surface area contributed by atoms with Gasteiger partial charge in [0, 0.05) is 11.6 Å². The van der Waals surface area contributed by atoms with Crippen molar-refractivity contribution in [3.05, 3.63) is 36.1 Å². The number of benzene rings is 1. The molecule has 0 aliphatic heterocycles. The van der Waals surface area contributed by atoms with E-state index in [0.717, 1.165) is 12.1 Å². The third-order valence-electron chi connectivity index (χ3n) is 2.11. The van der Waals surface area contributed by atoms with E-state index in [2.05, 4.69) is 14.4 Å². The van der Waals surface area contributed by atoms with Gasteiger partial charge >= 0.3 is 12.3 Å². The number of carboxylic acid groups (broad SMARTS) is 1. The van der Waals surface area contributed by atoms with Crippen molar-refractivity contribution in [2.24, 2.45) is 0 Å². The average Bonchev–Trinajstić information content (AvgIpc) is 2.76. The largest absolute Gasteiger partial charge is 0.573 e. The van der Waals surface area contributed by atoms with Crippen LogP contribution in [0.15, 0.2) is 34.9 Å². The molecule has 8 heteroatoms. The molecule has 1 N–H and O–H groups in total. The Balaban J connectivity index is 2.41. The van der Waals surface area contributed by atoms with Crippen molar-refractivity contribution >= 4 is 5.97 Å². The molecule has 0 unspecified atom stereocenters. The summed E-state index contributed by atoms with van der Waals surface area (Å²) in [5.74, 6) is -2.33. The van der Waals surface area contributed by atoms with E-state index in [0.29, 0.717) is 0 Å². The topological polar surface area (TPSA) is 72.6 Å². The summed E-state index contributed by atoms with van der Waals surface area (Å²) in [5, 5.41) is 12.1. The van der Waals surface area contributed by atoms with Crippen molar-refractivity contribution in [3.63, 3.8) is 0 Å². The summed E-state index contributed by atoms with van der Waals surface area (Å²) in [6.45, 7) is 0. The molecule has 19 heavy (non-hydrogen) atoms. The van der Waals surface area contributed by atoms with E-state index < -0.39 is 23.8 Å². The quantitative estimate of drug-likeness (QED) is 0.930. The molecule has 0 aliphatic carbocycles. The summed E-state index contributed by atoms with van der Waals surface area (Å²) in [7, 11) is 0. The SMILES string of the molecule is O=C(O)c1cc(-c2ccccc2OC(F)(F)F)no1. The Labute approximate surface area is 104 Å². The van der Waals surface area contributed by atoms with Gasteiger partial charge in [0.2, 0.25) is 5.76 Å². The van der Waals surface area contributed by atoms with Gasteiger partial charge in [0.15, 0.2) is 0 Å². The van der Waals surface area contributed by atoms with Gasteiger partial charge in [-0.1, -0.05) is 17.3 Å². The first-order valence-corrected chi connectivity index (χ1v) is 4.92. The first-order valence-electron chi connectivity index (χ1n) is 4.92. The van der Waals surface area contributed by atoms with Crippen LogP contribution in [0.2, 0.25) is 0 Å². The van der Waals surface area contributed by atoms with Gasteiger partial charge in [-0.2, -0.15) is 0 Å². The molecule has 0 fully saturated rings. The number of alkyl halides is 3. The van der Waals surface area contributed by atoms with Crippen LogP contribution in [0, 0.1) is 0 Å². The molecular formula is C11H6F3NO4. The standard InChI is InChI=1S/C11H6F3NO4/c12-11(13,14)18-8-4-2-1-3-6(8)7-5-9(10(16)17)19-15-7/h1-5H,(H,16,17). The summed E-state index contributed by atoms with van der Waals surface area (Å²) in [6, 6.07) is 6.24. The van der Waals surface area contributed by atoms with Crippen LogP contribution in [-0.4, -0.2) is 22.6 Å². The van der Waals surface area contributed by atoms with Crippen LogP contribution >= 0.6 is 0 Å². The predicted molar refractivity (Wildman–Crippen MR) is 55.6 cm³/mol. The minimum Gasteiger partial charge on any atom is -0.475 e. The molecule has 0 amide bonds. The molecule has 5 nitrogen and oxygen atoms in total. The minimum atomic E-state index is -4.85. The molecule has 0 radical (unpaired) electrons. The molecule has 1 aromatic heterocycles. The number of hydrogen-bond acceptors (Lipinski definition) is 4. The molecule has 1 aromatic carbocycles. The maximum absolute atomic E-state index is 12.2. The highest BCUT2D eigenvalue weighted by Crippen LogP contribution is 2.33. The molecule has 0 aliphatic rings. The van der Waals surface area contributed by atoms with E-state index in [4.69, 9.17) is 5.11 Å². The number of hydrogen-bond donors (Lipinski definition) is 1. The molecule has 0 spiro atoms. The first-order chi connectivity index (χ1) is 8.87. The van der Waals surface area contributed by atoms with Crippen molar-refractivity contribution in [1.82, 2.24) is 5.16 Å². The number of ether oxygens (including phenoxy) is 1. The van der Waals surface area contributed by atoms with Crippen LogP contribution in [0.5, 0.6) is 5.75 Å². The molecule has 2 aromatic rings. The number of aromatic carboxylic acids is 1. The number of aromatic nitrogens is 1. The molecule has 0 atom stereocenters. The lowest BCUT2D eigenvalue weighted by Gasteiger charge is -2.11. The number of carboxylic acids is 1. The molecule has 100 valence electrons. The second kappa shape index (κ2) is 4.63. The van der Waals surface area contributed by atoms with E-state index in [-0.39, 0.29) is 11.3 Å². The average molecular weight is 273 g/mol. The number of carbonyl (C=O) groups is 1. The maximum atomic E-state index is 12.2. The smallest absolute Gasteiger partial charge is 0.475 e. The molecule has 0 saturated carbocycles. The third kappa shape index (κ3) is 3.03. The molecule has 0 bridgehead atoms. The highest BCUT2D eigenvalue weighted by atomic mass is 19.4. The molecular weight excluding hydrogens is 267 g/mol. The minimum absolute atomic E-state index is 0.0175. The zero-order chi connectivity index (χ0) is 14.0. The van der Waals surface area contributed by atoms with Gasteiger partial charge in [-0.3, -0.25) is 0 Å². The number of halogens is 3. The second-order valence-electron chi connectivity index (χ2n) is 3.43. The van der Waals surface area contributed by atoms with Crippen LogP contribution in [0.3, 0.4) is 0 Å². The van der Waals surface area contributed by atoms with Gasteiger partial charge in [0.05, 0.1) is 0 Å². The van der Waals surface area contributed by atoms with E-state index in [1.54, 1.807) is 0 Å². The maximum Gasteiger partial charge on any atom is 0.573 e. The van der Waals surface area contributed by atoms with Gasteiger partial charge in [-0.05, 0) is 12.1 Å². The van der Waals surface area contributed by atoms with Crippen LogP contribution in [0.25, 0.3) is 11.3 Å². The Kier molecular flexibility index (Phi) is 3.16. The lowest BCUT2D eigenvalue weighted by Crippen LogP contribution is -2.17. The van der Waals surface area contributed by atoms with Crippen LogP contribution < -0.4 is 4.74 Å². The fraction of sp³-hybridized carbons (Fsp3) is 0.0909. The van der Waals surface area contributed by atoms with Crippen LogP contribution in [0.1, 0.15) is 10.6 Å². The highest BCUT2D eigenvalue weighted by molar-refractivity contribution is 5.86. The summed E-state index contributed by atoms with van der Waals surface area (Å²) < 4.78 is 44.9. The normalized spacial score (nSPS) is 11.3. The zero-order valence-corrected chi connectivity index (χ0v) is 9.14. The number of para-hydroxylation sites is 1. The first kappa shape index (κ1) is 12.9. The van der Waals surface area contributed by atoms with Crippen molar-refractivity contribution < 1.29 is 32.3 Å². The van der Waals surface area contributed by atoms with Crippen LogP contribution in [0.4, 0.5) is 13.2 Å². The van der Waals surface area contributed by atoms with E-state index >= 15 is 0 Å². The van der Waals surface area contributed by atoms with Crippen molar-refractivity contribution in [2.75, 3.05) is 0 Å². The summed E-state index contributed by atoms with van der Waals surface area (Å²) >= 11 is 0. The Morgan fingerprint density at radius 2 is 2.00 bits per heavy atom. The van der Waals surface area contributed by atoms with Gasteiger partial charge in [0.1, 0.15) is 11.4 Å². The summed E-state index contributed by atoms with van der Waals surface area (Å²) in [5.41, 5.74) is -0.0756. The Morgan fingerprint density at radius 3 is 2.58 bits per heavy atom. The number of nitrogens with zero attached hydrogens (tertiary/aromatic N) is 1. The lowest BCUT2D eigenvalue weighted by atomic mass is 10.1. The molecule has 2 rings (SSSR count). The van der Waals surface area contributed by atoms with E-state index in [9.17, 15) is 18.0 Å². The number of rotatable bonds is 3.